The summed E-state index contributed by atoms with van der Waals surface area (Å²) in [6, 6.07) is 19.5. The molecule has 2 atom stereocenters. The molecule has 2 N–H and O–H groups in total. The Balaban J connectivity index is 2.00. The van der Waals surface area contributed by atoms with Gasteiger partial charge in [0, 0.05) is 7.11 Å². The zero-order chi connectivity index (χ0) is 18.8. The second-order valence-electron chi connectivity index (χ2n) is 6.31. The summed E-state index contributed by atoms with van der Waals surface area (Å²) in [4.78, 5) is 26.2. The number of hydrogen-bond acceptors (Lipinski definition) is 3. The van der Waals surface area contributed by atoms with Crippen LogP contribution in [0.3, 0.4) is 0 Å². The predicted molar refractivity (Wildman–Crippen MR) is 104 cm³/mol. The lowest BCUT2D eigenvalue weighted by molar-refractivity contribution is 0.107. The van der Waals surface area contributed by atoms with E-state index in [1.165, 1.54) is 4.68 Å². The third-order valence-corrected chi connectivity index (χ3v) is 4.72. The molecule has 4 rings (SSSR count). The van der Waals surface area contributed by atoms with E-state index in [0.717, 1.165) is 22.3 Å². The fraction of sp³-hybridized carbons (Fsp3) is 0.143. The highest BCUT2D eigenvalue weighted by Gasteiger charge is 2.33. The molecule has 0 unspecified atom stereocenters. The number of benzene rings is 2. The van der Waals surface area contributed by atoms with Crippen LogP contribution in [0.2, 0.25) is 0 Å². The van der Waals surface area contributed by atoms with Gasteiger partial charge in [-0.3, -0.25) is 4.98 Å². The number of allylic oxidation sites excluding steroid dienone is 1. The second kappa shape index (κ2) is 7.09. The van der Waals surface area contributed by atoms with Crippen LogP contribution in [0.25, 0.3) is 5.57 Å². The molecule has 1 aromatic heterocycles. The van der Waals surface area contributed by atoms with Gasteiger partial charge < -0.3 is 4.74 Å². The fourth-order valence-electron chi connectivity index (χ4n) is 3.55. The molecule has 1 aliphatic rings. The molecule has 6 nitrogen and oxygen atoms in total. The van der Waals surface area contributed by atoms with Crippen molar-refractivity contribution in [3.05, 3.63) is 110 Å². The number of aromatic amines is 2. The van der Waals surface area contributed by atoms with Gasteiger partial charge in [0.2, 0.25) is 0 Å². The highest BCUT2D eigenvalue weighted by Crippen LogP contribution is 2.38. The first-order chi connectivity index (χ1) is 13.2. The number of hydrogen-bond donors (Lipinski definition) is 2. The first-order valence-corrected chi connectivity index (χ1v) is 8.66. The number of methoxy groups -OCH3 is 1. The molecule has 0 bridgehead atoms. The zero-order valence-electron chi connectivity index (χ0n) is 14.8. The van der Waals surface area contributed by atoms with E-state index < -0.39 is 17.4 Å². The Morgan fingerprint density at radius 2 is 1.56 bits per heavy atom. The first kappa shape index (κ1) is 17.1. The normalized spacial score (nSPS) is 18.8. The summed E-state index contributed by atoms with van der Waals surface area (Å²) >= 11 is 0. The van der Waals surface area contributed by atoms with Gasteiger partial charge in [0.15, 0.2) is 0 Å². The Bertz CT molecular complexity index is 1060. The third-order valence-electron chi connectivity index (χ3n) is 4.72. The van der Waals surface area contributed by atoms with E-state index >= 15 is 0 Å². The van der Waals surface area contributed by atoms with E-state index in [-0.39, 0.29) is 6.10 Å². The van der Waals surface area contributed by atoms with Crippen molar-refractivity contribution in [2.45, 2.75) is 12.1 Å². The minimum atomic E-state index is -0.540. The molecule has 1 heterocycles. The summed E-state index contributed by atoms with van der Waals surface area (Å²) in [7, 11) is 1.59. The molecule has 1 aliphatic carbocycles. The van der Waals surface area contributed by atoms with Crippen LogP contribution < -0.4 is 11.4 Å². The van der Waals surface area contributed by atoms with Crippen LogP contribution >= 0.6 is 0 Å². The molecule has 0 saturated carbocycles. The van der Waals surface area contributed by atoms with E-state index in [9.17, 15) is 9.59 Å². The van der Waals surface area contributed by atoms with E-state index in [2.05, 4.69) is 10.1 Å². The quantitative estimate of drug-likeness (QED) is 0.749. The number of rotatable bonds is 4. The zero-order valence-corrected chi connectivity index (χ0v) is 14.8. The molecule has 0 fully saturated rings. The summed E-state index contributed by atoms with van der Waals surface area (Å²) < 4.78 is 6.88. The molecule has 0 saturated heterocycles. The smallest absolute Gasteiger partial charge is 0.344 e. The van der Waals surface area contributed by atoms with Crippen molar-refractivity contribution in [2.75, 3.05) is 7.11 Å². The van der Waals surface area contributed by atoms with Gasteiger partial charge in [-0.1, -0.05) is 72.8 Å². The molecule has 0 radical (unpaired) electrons. The van der Waals surface area contributed by atoms with Gasteiger partial charge in [0.05, 0.1) is 0 Å². The van der Waals surface area contributed by atoms with Crippen molar-refractivity contribution in [3.63, 3.8) is 0 Å². The number of aromatic nitrogens is 3. The summed E-state index contributed by atoms with van der Waals surface area (Å²) in [6.45, 7) is 0. The van der Waals surface area contributed by atoms with E-state index in [1.54, 1.807) is 7.11 Å². The molecular weight excluding hydrogens is 342 g/mol. The predicted octanol–water partition coefficient (Wildman–Crippen LogP) is 2.49. The average molecular weight is 361 g/mol. The maximum Gasteiger partial charge on any atom is 0.344 e. The van der Waals surface area contributed by atoms with Crippen LogP contribution in [-0.2, 0) is 4.74 Å². The highest BCUT2D eigenvalue weighted by molar-refractivity contribution is 5.84. The summed E-state index contributed by atoms with van der Waals surface area (Å²) in [5.74, 6) is 0. The minimum Gasteiger partial charge on any atom is -0.375 e. The van der Waals surface area contributed by atoms with Crippen molar-refractivity contribution in [2.24, 2.45) is 0 Å². The van der Waals surface area contributed by atoms with Crippen LogP contribution in [0.5, 0.6) is 0 Å². The Morgan fingerprint density at radius 3 is 2.04 bits per heavy atom. The van der Waals surface area contributed by atoms with Crippen molar-refractivity contribution >= 4 is 5.57 Å². The summed E-state index contributed by atoms with van der Waals surface area (Å²) in [5, 5.41) is 2.58. The summed E-state index contributed by atoms with van der Waals surface area (Å²) in [6.07, 6.45) is 3.50. The molecule has 3 aromatic rings. The molecule has 136 valence electrons. The molecule has 0 amide bonds. The number of H-pyrrole nitrogens is 2. The topological polar surface area (TPSA) is 79.9 Å². The monoisotopic (exact) mass is 361 g/mol. The SMILES string of the molecule is CO[C@H]1C=CC(=C(c2ccccc2)c2ccccc2)[C@@H]1n1[nH]c(=O)[nH]c1=O. The number of nitrogens with one attached hydrogen (secondary N) is 2. The van der Waals surface area contributed by atoms with Crippen LogP contribution in [0.4, 0.5) is 0 Å². The number of ether oxygens (including phenoxy) is 1. The van der Waals surface area contributed by atoms with Gasteiger partial charge in [-0.05, 0) is 22.3 Å². The fourth-order valence-corrected chi connectivity index (χ4v) is 3.55. The lowest BCUT2D eigenvalue weighted by Gasteiger charge is -2.23. The van der Waals surface area contributed by atoms with E-state index in [4.69, 9.17) is 4.74 Å². The standard InChI is InChI=1S/C21H19N3O3/c1-27-17-13-12-16(19(17)24-21(26)22-20(25)23-24)18(14-8-4-2-5-9-14)15-10-6-3-7-11-15/h2-13,17,19H,1H3,(H2,22,23,25,26)/t17-,19-/m0/s1. The lowest BCUT2D eigenvalue weighted by Crippen LogP contribution is -2.31. The Hall–Kier alpha value is -3.38. The van der Waals surface area contributed by atoms with Crippen LogP contribution in [0.1, 0.15) is 17.2 Å². The highest BCUT2D eigenvalue weighted by atomic mass is 16.5. The van der Waals surface area contributed by atoms with Crippen molar-refractivity contribution < 1.29 is 4.74 Å². The van der Waals surface area contributed by atoms with Crippen LogP contribution in [0, 0.1) is 0 Å². The minimum absolute atomic E-state index is 0.369. The first-order valence-electron chi connectivity index (χ1n) is 8.66. The molecule has 27 heavy (non-hydrogen) atoms. The van der Waals surface area contributed by atoms with E-state index in [1.807, 2.05) is 72.8 Å². The third kappa shape index (κ3) is 3.11. The van der Waals surface area contributed by atoms with Crippen molar-refractivity contribution in [1.29, 1.82) is 0 Å². The number of nitrogens with zero attached hydrogens (tertiary/aromatic N) is 1. The molecule has 0 aliphatic heterocycles. The van der Waals surface area contributed by atoms with Gasteiger partial charge in [-0.2, -0.15) is 0 Å². The molecule has 6 heteroatoms. The van der Waals surface area contributed by atoms with Gasteiger partial charge in [-0.25, -0.2) is 19.4 Å². The van der Waals surface area contributed by atoms with Crippen LogP contribution in [-0.4, -0.2) is 28.0 Å². The van der Waals surface area contributed by atoms with Crippen LogP contribution in [0.15, 0.2) is 88.0 Å². The maximum absolute atomic E-state index is 12.3. The molecule has 2 aromatic carbocycles. The average Bonchev–Trinajstić information content (AvgIpc) is 3.25. The second-order valence-corrected chi connectivity index (χ2v) is 6.31. The lowest BCUT2D eigenvalue weighted by atomic mass is 9.90. The van der Waals surface area contributed by atoms with Crippen molar-refractivity contribution in [1.82, 2.24) is 14.8 Å². The molecular formula is C21H19N3O3. The summed E-state index contributed by atoms with van der Waals surface area (Å²) in [5.41, 5.74) is 2.91. The van der Waals surface area contributed by atoms with E-state index in [0.29, 0.717) is 0 Å². The Kier molecular flexibility index (Phi) is 4.48. The Labute approximate surface area is 155 Å². The van der Waals surface area contributed by atoms with Crippen molar-refractivity contribution in [3.8, 4) is 0 Å². The maximum atomic E-state index is 12.3. The Morgan fingerprint density at radius 1 is 0.963 bits per heavy atom. The molecule has 0 spiro atoms. The van der Waals surface area contributed by atoms with Gasteiger partial charge in [0.1, 0.15) is 12.1 Å². The van der Waals surface area contributed by atoms with Gasteiger partial charge in [-0.15, -0.1) is 0 Å². The largest absolute Gasteiger partial charge is 0.375 e. The van der Waals surface area contributed by atoms with Gasteiger partial charge >= 0.3 is 11.4 Å². The van der Waals surface area contributed by atoms with Gasteiger partial charge in [0.25, 0.3) is 0 Å².